The third-order valence-corrected chi connectivity index (χ3v) is 3.46. The molecule has 0 aromatic heterocycles. The molecule has 1 unspecified atom stereocenters. The highest BCUT2D eigenvalue weighted by molar-refractivity contribution is 5.94. The number of hydrogen-bond acceptors (Lipinski definition) is 2. The van der Waals surface area contributed by atoms with Gasteiger partial charge in [-0.2, -0.15) is 5.26 Å². The first kappa shape index (κ1) is 12.6. The van der Waals surface area contributed by atoms with E-state index >= 15 is 0 Å². The molecule has 1 aliphatic rings. The van der Waals surface area contributed by atoms with Crippen molar-refractivity contribution >= 4 is 5.91 Å². The number of nitriles is 1. The first-order valence-electron chi connectivity index (χ1n) is 6.38. The van der Waals surface area contributed by atoms with Gasteiger partial charge in [-0.1, -0.05) is 6.07 Å². The minimum absolute atomic E-state index is 0.00630. The highest BCUT2D eigenvalue weighted by Crippen LogP contribution is 2.23. The summed E-state index contributed by atoms with van der Waals surface area (Å²) >= 11 is 0. The summed E-state index contributed by atoms with van der Waals surface area (Å²) in [6, 6.07) is 8.13. The lowest BCUT2D eigenvalue weighted by Crippen LogP contribution is -2.30. The molecule has 1 aromatic rings. The average molecular weight is 242 g/mol. The van der Waals surface area contributed by atoms with Crippen LogP contribution < -0.4 is 0 Å². The molecule has 0 saturated heterocycles. The Balaban J connectivity index is 2.12. The predicted molar refractivity (Wildman–Crippen MR) is 70.2 cm³/mol. The Bertz CT molecular complexity index is 502. The molecular weight excluding hydrogens is 224 g/mol. The van der Waals surface area contributed by atoms with Crippen LogP contribution >= 0.6 is 0 Å². The third kappa shape index (κ3) is 2.53. The number of fused-ring (bicyclic) bond motifs is 1. The van der Waals surface area contributed by atoms with Crippen LogP contribution in [-0.2, 0) is 12.8 Å². The van der Waals surface area contributed by atoms with Gasteiger partial charge in [0.25, 0.3) is 5.91 Å². The molecule has 0 saturated carbocycles. The maximum absolute atomic E-state index is 12.2. The fourth-order valence-corrected chi connectivity index (χ4v) is 2.46. The summed E-state index contributed by atoms with van der Waals surface area (Å²) in [6.45, 7) is 2.30. The number of carbonyl (C=O) groups excluding carboxylic acids is 1. The summed E-state index contributed by atoms with van der Waals surface area (Å²) in [5.41, 5.74) is 3.42. The number of nitrogens with zero attached hydrogens (tertiary/aromatic N) is 2. The highest BCUT2D eigenvalue weighted by Gasteiger charge is 2.17. The standard InChI is InChI=1S/C15H18N2O/c1-11(9-16)10-17(2)15(18)14-7-6-12-4-3-5-13(12)8-14/h6-8,11H,3-5,10H2,1-2H3. The second-order valence-corrected chi connectivity index (χ2v) is 5.05. The van der Waals surface area contributed by atoms with Gasteiger partial charge in [0.1, 0.15) is 0 Å². The Morgan fingerprint density at radius 3 is 2.89 bits per heavy atom. The Kier molecular flexibility index (Phi) is 3.66. The number of hydrogen-bond donors (Lipinski definition) is 0. The van der Waals surface area contributed by atoms with Crippen LogP contribution in [0.15, 0.2) is 18.2 Å². The molecule has 0 fully saturated rings. The first-order valence-corrected chi connectivity index (χ1v) is 6.38. The minimum Gasteiger partial charge on any atom is -0.340 e. The van der Waals surface area contributed by atoms with E-state index in [2.05, 4.69) is 12.1 Å². The number of amides is 1. The van der Waals surface area contributed by atoms with Crippen LogP contribution in [0.4, 0.5) is 0 Å². The largest absolute Gasteiger partial charge is 0.340 e. The van der Waals surface area contributed by atoms with Crippen molar-refractivity contribution in [2.75, 3.05) is 13.6 Å². The topological polar surface area (TPSA) is 44.1 Å². The maximum atomic E-state index is 12.2. The van der Waals surface area contributed by atoms with Crippen LogP contribution in [0.1, 0.15) is 34.8 Å². The monoisotopic (exact) mass is 242 g/mol. The summed E-state index contributed by atoms with van der Waals surface area (Å²) in [4.78, 5) is 13.8. The highest BCUT2D eigenvalue weighted by atomic mass is 16.2. The zero-order valence-electron chi connectivity index (χ0n) is 10.9. The molecule has 0 bridgehead atoms. The SMILES string of the molecule is CC(C#N)CN(C)C(=O)c1ccc2c(c1)CCC2. The van der Waals surface area contributed by atoms with Gasteiger partial charge in [0.05, 0.1) is 12.0 Å². The van der Waals surface area contributed by atoms with Gasteiger partial charge in [0.15, 0.2) is 0 Å². The molecule has 1 aromatic carbocycles. The number of benzene rings is 1. The van der Waals surface area contributed by atoms with Gasteiger partial charge in [0.2, 0.25) is 0 Å². The minimum atomic E-state index is -0.131. The van der Waals surface area contributed by atoms with E-state index in [-0.39, 0.29) is 11.8 Å². The molecule has 18 heavy (non-hydrogen) atoms. The Morgan fingerprint density at radius 2 is 2.17 bits per heavy atom. The van der Waals surface area contributed by atoms with Crippen molar-refractivity contribution in [3.8, 4) is 6.07 Å². The van der Waals surface area contributed by atoms with E-state index in [4.69, 9.17) is 5.26 Å². The quantitative estimate of drug-likeness (QED) is 0.817. The van der Waals surface area contributed by atoms with Gasteiger partial charge < -0.3 is 4.90 Å². The Labute approximate surface area is 108 Å². The van der Waals surface area contributed by atoms with Crippen molar-refractivity contribution in [1.29, 1.82) is 5.26 Å². The third-order valence-electron chi connectivity index (χ3n) is 3.46. The molecular formula is C15H18N2O. The van der Waals surface area contributed by atoms with Crippen LogP contribution in [0.5, 0.6) is 0 Å². The maximum Gasteiger partial charge on any atom is 0.253 e. The lowest BCUT2D eigenvalue weighted by molar-refractivity contribution is 0.0785. The molecule has 0 heterocycles. The summed E-state index contributed by atoms with van der Waals surface area (Å²) in [7, 11) is 1.75. The van der Waals surface area contributed by atoms with Crippen molar-refractivity contribution in [1.82, 2.24) is 4.90 Å². The van der Waals surface area contributed by atoms with E-state index < -0.39 is 0 Å². The smallest absolute Gasteiger partial charge is 0.253 e. The van der Waals surface area contributed by atoms with E-state index in [0.717, 1.165) is 18.4 Å². The van der Waals surface area contributed by atoms with Crippen molar-refractivity contribution in [2.45, 2.75) is 26.2 Å². The summed E-state index contributed by atoms with van der Waals surface area (Å²) < 4.78 is 0. The molecule has 2 rings (SSSR count). The molecule has 3 nitrogen and oxygen atoms in total. The fourth-order valence-electron chi connectivity index (χ4n) is 2.46. The van der Waals surface area contributed by atoms with Crippen molar-refractivity contribution in [3.05, 3.63) is 34.9 Å². The van der Waals surface area contributed by atoms with Crippen LogP contribution in [0, 0.1) is 17.2 Å². The summed E-state index contributed by atoms with van der Waals surface area (Å²) in [6.07, 6.45) is 3.40. The van der Waals surface area contributed by atoms with Crippen LogP contribution in [-0.4, -0.2) is 24.4 Å². The number of carbonyl (C=O) groups is 1. The Hall–Kier alpha value is -1.82. The van der Waals surface area contributed by atoms with Crippen molar-refractivity contribution in [3.63, 3.8) is 0 Å². The van der Waals surface area contributed by atoms with Gasteiger partial charge in [-0.25, -0.2) is 0 Å². The number of rotatable bonds is 3. The van der Waals surface area contributed by atoms with E-state index in [0.29, 0.717) is 6.54 Å². The molecule has 94 valence electrons. The number of aryl methyl sites for hydroxylation is 2. The molecule has 1 atom stereocenters. The molecule has 1 aliphatic carbocycles. The van der Waals surface area contributed by atoms with Crippen molar-refractivity contribution < 1.29 is 4.79 Å². The van der Waals surface area contributed by atoms with E-state index in [9.17, 15) is 4.79 Å². The van der Waals surface area contributed by atoms with E-state index in [1.54, 1.807) is 11.9 Å². The lowest BCUT2D eigenvalue weighted by Gasteiger charge is -2.18. The van der Waals surface area contributed by atoms with Gasteiger partial charge in [0, 0.05) is 19.2 Å². The van der Waals surface area contributed by atoms with E-state index in [1.807, 2.05) is 19.1 Å². The average Bonchev–Trinajstić information content (AvgIpc) is 2.84. The van der Waals surface area contributed by atoms with Gasteiger partial charge in [-0.3, -0.25) is 4.79 Å². The molecule has 1 amide bonds. The van der Waals surface area contributed by atoms with E-state index in [1.165, 1.54) is 17.5 Å². The molecule has 0 spiro atoms. The van der Waals surface area contributed by atoms with Crippen LogP contribution in [0.2, 0.25) is 0 Å². The normalized spacial score (nSPS) is 14.7. The van der Waals surface area contributed by atoms with Crippen molar-refractivity contribution in [2.24, 2.45) is 5.92 Å². The zero-order valence-corrected chi connectivity index (χ0v) is 10.9. The summed E-state index contributed by atoms with van der Waals surface area (Å²) in [5.74, 6) is -0.125. The predicted octanol–water partition coefficient (Wildman–Crippen LogP) is 2.41. The van der Waals surface area contributed by atoms with Crippen LogP contribution in [0.3, 0.4) is 0 Å². The molecule has 3 heteroatoms. The van der Waals surface area contributed by atoms with Gasteiger partial charge >= 0.3 is 0 Å². The lowest BCUT2D eigenvalue weighted by atomic mass is 10.1. The molecule has 0 N–H and O–H groups in total. The molecule has 0 radical (unpaired) electrons. The van der Waals surface area contributed by atoms with Gasteiger partial charge in [-0.05, 0) is 49.4 Å². The second kappa shape index (κ2) is 5.22. The first-order chi connectivity index (χ1) is 8.61. The van der Waals surface area contributed by atoms with Crippen LogP contribution in [0.25, 0.3) is 0 Å². The molecule has 0 aliphatic heterocycles. The summed E-state index contributed by atoms with van der Waals surface area (Å²) in [5, 5.41) is 8.77. The fraction of sp³-hybridized carbons (Fsp3) is 0.467. The Morgan fingerprint density at radius 1 is 1.44 bits per heavy atom. The second-order valence-electron chi connectivity index (χ2n) is 5.05. The van der Waals surface area contributed by atoms with Gasteiger partial charge in [-0.15, -0.1) is 0 Å². The zero-order chi connectivity index (χ0) is 13.1.